The van der Waals surface area contributed by atoms with E-state index in [2.05, 4.69) is 26.6 Å². The van der Waals surface area contributed by atoms with Crippen LogP contribution in [0.25, 0.3) is 0 Å². The molecular formula is C58H94N10O12. The number of carbonyl (C=O) groups is 8. The molecule has 80 heavy (non-hydrogen) atoms. The molecule has 22 heteroatoms. The molecule has 0 radical (unpaired) electrons. The molecule has 2 aromatic carbocycles. The van der Waals surface area contributed by atoms with E-state index in [0.29, 0.717) is 49.0 Å². The van der Waals surface area contributed by atoms with Crippen molar-refractivity contribution in [3.05, 3.63) is 65.7 Å². The van der Waals surface area contributed by atoms with E-state index in [1.165, 1.54) is 26.2 Å². The lowest BCUT2D eigenvalue weighted by atomic mass is 9.89. The fraction of sp³-hybridized carbons (Fsp3) is 0.655. The third kappa shape index (κ3) is 19.4. The average Bonchev–Trinajstić information content (AvgIpc) is 3.91. The van der Waals surface area contributed by atoms with Crippen molar-refractivity contribution in [3.63, 3.8) is 0 Å². The summed E-state index contributed by atoms with van der Waals surface area (Å²) >= 11 is 0. The summed E-state index contributed by atoms with van der Waals surface area (Å²) in [5.41, 5.74) is 12.8. The Labute approximate surface area is 473 Å². The van der Waals surface area contributed by atoms with Gasteiger partial charge in [0.2, 0.25) is 35.4 Å². The number of carbonyl (C=O) groups excluding carboxylic acids is 8. The summed E-state index contributed by atoms with van der Waals surface area (Å²) in [6.45, 7) is 18.7. The molecule has 10 N–H and O–H groups in total. The third-order valence-corrected chi connectivity index (χ3v) is 15.3. The van der Waals surface area contributed by atoms with E-state index in [0.717, 1.165) is 0 Å². The Bertz CT molecular complexity index is 2320. The first kappa shape index (κ1) is 67.9. The molecule has 12 atom stereocenters. The monoisotopic (exact) mass is 1120 g/mol. The molecule has 3 rings (SSSR count). The molecule has 22 nitrogen and oxygen atoms in total. The van der Waals surface area contributed by atoms with Gasteiger partial charge in [-0.1, -0.05) is 111 Å². The van der Waals surface area contributed by atoms with Crippen LogP contribution in [0, 0.1) is 29.6 Å². The lowest BCUT2D eigenvalue weighted by Crippen LogP contribution is -2.60. The predicted octanol–water partition coefficient (Wildman–Crippen LogP) is 4.43. The van der Waals surface area contributed by atoms with Crippen LogP contribution in [0.5, 0.6) is 0 Å². The zero-order valence-electron chi connectivity index (χ0n) is 49.7. The molecule has 1 aliphatic rings. The van der Waals surface area contributed by atoms with Crippen molar-refractivity contribution in [1.82, 2.24) is 36.0 Å². The minimum absolute atomic E-state index is 0.0747. The van der Waals surface area contributed by atoms with E-state index in [1.807, 2.05) is 45.9 Å². The van der Waals surface area contributed by atoms with Crippen LogP contribution in [0.3, 0.4) is 0 Å². The van der Waals surface area contributed by atoms with Crippen LogP contribution in [0.15, 0.2) is 54.6 Å². The molecule has 1 heterocycles. The Morgan fingerprint density at radius 1 is 0.775 bits per heavy atom. The predicted molar refractivity (Wildman–Crippen MR) is 305 cm³/mol. The van der Waals surface area contributed by atoms with Crippen LogP contribution in [0.1, 0.15) is 125 Å². The molecule has 0 aliphatic carbocycles. The molecule has 0 unspecified atom stereocenters. The van der Waals surface area contributed by atoms with E-state index in [9.17, 15) is 43.5 Å². The highest BCUT2D eigenvalue weighted by atomic mass is 16.6. The van der Waals surface area contributed by atoms with E-state index in [-0.39, 0.29) is 49.6 Å². The highest BCUT2D eigenvalue weighted by molar-refractivity contribution is 5.98. The number of ether oxygens (including phenoxy) is 3. The average molecular weight is 1120 g/mol. The second kappa shape index (κ2) is 32.8. The van der Waals surface area contributed by atoms with E-state index in [4.69, 9.17) is 25.7 Å². The van der Waals surface area contributed by atoms with Crippen molar-refractivity contribution in [2.45, 2.75) is 175 Å². The lowest BCUT2D eigenvalue weighted by Gasteiger charge is -2.41. The number of urea groups is 1. The number of aliphatic hydroxyl groups is 1. The highest BCUT2D eigenvalue weighted by Crippen LogP contribution is 2.30. The Morgan fingerprint density at radius 2 is 1.41 bits per heavy atom. The normalized spacial score (nSPS) is 17.6. The number of rotatable bonds is 31. The van der Waals surface area contributed by atoms with Gasteiger partial charge < -0.3 is 67.2 Å². The molecular weight excluding hydrogens is 1030 g/mol. The summed E-state index contributed by atoms with van der Waals surface area (Å²) in [5.74, 6) is -4.32. The van der Waals surface area contributed by atoms with Gasteiger partial charge in [0, 0.05) is 47.1 Å². The number of methoxy groups -OCH3 is 2. The first-order valence-corrected chi connectivity index (χ1v) is 28.0. The zero-order chi connectivity index (χ0) is 60.1. The van der Waals surface area contributed by atoms with Gasteiger partial charge in [0.25, 0.3) is 0 Å². The standard InChI is InChI=1S/C58H94N10O12/c1-15-36(8)49(44(78-13)31-45(69)68-30-20-24-43(68)51(79-14)37(9)52(71)62-38(10)50(70)40-21-17-16-18-22-40)66(11)56(75)47(34(4)5)65-55(74)48(35(6)7)67(12)58(77)80-32-39-25-27-41(28-26-39)63-53(72)42(23-19-29-61-57(60)76)64-54(73)46(59)33(2)3/h16-18,21-22,25-28,33-38,42-44,46-51,70H,15,19-20,23-24,29-32,59H2,1-14H3,(H,62,71)(H,63,72)(H,64,73)(H,65,74)(H3,60,61,76)/t36-,37-,38+,42-,43+,44+,46+,47-,48+,49+,50+,51+/m0/s1. The van der Waals surface area contributed by atoms with Gasteiger partial charge >= 0.3 is 12.1 Å². The minimum atomic E-state index is -1.05. The van der Waals surface area contributed by atoms with Gasteiger partial charge in [-0.05, 0) is 79.5 Å². The van der Waals surface area contributed by atoms with Crippen molar-refractivity contribution in [1.29, 1.82) is 0 Å². The fourth-order valence-electron chi connectivity index (χ4n) is 10.2. The summed E-state index contributed by atoms with van der Waals surface area (Å²) < 4.78 is 17.7. The van der Waals surface area contributed by atoms with Crippen LogP contribution in [0.2, 0.25) is 0 Å². The summed E-state index contributed by atoms with van der Waals surface area (Å²) in [7, 11) is 6.12. The number of amides is 9. The molecule has 448 valence electrons. The maximum absolute atomic E-state index is 14.7. The van der Waals surface area contributed by atoms with Crippen LogP contribution < -0.4 is 38.1 Å². The third-order valence-electron chi connectivity index (χ3n) is 15.3. The quantitative estimate of drug-likeness (QED) is 0.0485. The van der Waals surface area contributed by atoms with E-state index >= 15 is 0 Å². The van der Waals surface area contributed by atoms with Crippen molar-refractivity contribution in [3.8, 4) is 0 Å². The number of likely N-dealkylation sites (N-methyl/N-ethyl adjacent to an activating group) is 2. The summed E-state index contributed by atoms with van der Waals surface area (Å²) in [6, 6.07) is 9.37. The van der Waals surface area contributed by atoms with Gasteiger partial charge in [-0.2, -0.15) is 0 Å². The Morgan fingerprint density at radius 3 is 1.96 bits per heavy atom. The molecule has 0 spiro atoms. The van der Waals surface area contributed by atoms with Gasteiger partial charge in [-0.25, -0.2) is 9.59 Å². The molecule has 0 aromatic heterocycles. The number of benzene rings is 2. The van der Waals surface area contributed by atoms with Crippen LogP contribution >= 0.6 is 0 Å². The van der Waals surface area contributed by atoms with Gasteiger partial charge in [-0.15, -0.1) is 0 Å². The number of hydrogen-bond donors (Lipinski definition) is 8. The second-order valence-electron chi connectivity index (χ2n) is 22.3. The maximum Gasteiger partial charge on any atom is 0.410 e. The van der Waals surface area contributed by atoms with E-state index < -0.39 is 114 Å². The van der Waals surface area contributed by atoms with Crippen molar-refractivity contribution in [2.75, 3.05) is 46.7 Å². The smallest absolute Gasteiger partial charge is 0.410 e. The lowest BCUT2D eigenvalue weighted by molar-refractivity contribution is -0.148. The number of aliphatic hydroxyl groups excluding tert-OH is 1. The Balaban J connectivity index is 1.70. The van der Waals surface area contributed by atoms with Crippen molar-refractivity contribution >= 4 is 53.3 Å². The fourth-order valence-corrected chi connectivity index (χ4v) is 10.2. The van der Waals surface area contributed by atoms with Crippen molar-refractivity contribution in [2.24, 2.45) is 41.1 Å². The number of hydrogen-bond acceptors (Lipinski definition) is 13. The van der Waals surface area contributed by atoms with Crippen molar-refractivity contribution < 1.29 is 57.7 Å². The summed E-state index contributed by atoms with van der Waals surface area (Å²) in [6.07, 6.45) is -0.736. The van der Waals surface area contributed by atoms with Crippen LogP contribution in [0.4, 0.5) is 15.3 Å². The van der Waals surface area contributed by atoms with Gasteiger partial charge in [0.15, 0.2) is 0 Å². The molecule has 0 bridgehead atoms. The first-order valence-electron chi connectivity index (χ1n) is 28.0. The van der Waals surface area contributed by atoms with Gasteiger partial charge in [0.05, 0.1) is 54.8 Å². The largest absolute Gasteiger partial charge is 0.445 e. The van der Waals surface area contributed by atoms with Gasteiger partial charge in [0.1, 0.15) is 24.7 Å². The summed E-state index contributed by atoms with van der Waals surface area (Å²) in [5, 5.41) is 24.8. The number of likely N-dealkylation sites (tertiary alicyclic amines) is 1. The van der Waals surface area contributed by atoms with Gasteiger partial charge in [-0.3, -0.25) is 33.7 Å². The molecule has 1 fully saturated rings. The second-order valence-corrected chi connectivity index (χ2v) is 22.3. The molecule has 1 aliphatic heterocycles. The molecule has 2 aromatic rings. The maximum atomic E-state index is 14.7. The number of nitrogens with two attached hydrogens (primary N) is 2. The zero-order valence-corrected chi connectivity index (χ0v) is 49.7. The molecule has 0 saturated carbocycles. The molecule has 1 saturated heterocycles. The number of anilines is 1. The number of nitrogens with zero attached hydrogens (tertiary/aromatic N) is 3. The van der Waals surface area contributed by atoms with Crippen LogP contribution in [-0.4, -0.2) is 163 Å². The topological polar surface area (TPSA) is 306 Å². The molecule has 9 amide bonds. The number of nitrogens with one attached hydrogen (secondary N) is 5. The van der Waals surface area contributed by atoms with E-state index in [1.54, 1.807) is 94.8 Å². The Hall–Kier alpha value is -6.36. The Kier molecular flexibility index (Phi) is 27.8. The van der Waals surface area contributed by atoms with Crippen LogP contribution in [-0.2, 0) is 49.6 Å². The minimum Gasteiger partial charge on any atom is -0.445 e. The SMILES string of the molecule is CC[C@H](C)[C@H]([C@@H](CC(=O)N1CCC[C@@H]1[C@H](OC)[C@H](C)C(=O)N[C@H](C)[C@@H](O)c1ccccc1)OC)N(C)C(=O)[C@@H](NC(=O)[C@@H](C(C)C)N(C)C(=O)OCc1ccc(NC(=O)[C@H](CCCNC(N)=O)NC(=O)[C@H](N)C(C)C)cc1)C(C)C. The highest BCUT2D eigenvalue weighted by Gasteiger charge is 2.44. The first-order chi connectivity index (χ1) is 37.7. The summed E-state index contributed by atoms with van der Waals surface area (Å²) in [4.78, 5) is 112. The number of primary amides is 1.